The first-order valence-electron chi connectivity index (χ1n) is 10.7. The second kappa shape index (κ2) is 9.62. The Morgan fingerprint density at radius 3 is 2.87 bits per heavy atom. The number of amides is 1. The third-order valence-electron chi connectivity index (χ3n) is 5.72. The van der Waals surface area contributed by atoms with E-state index in [1.807, 2.05) is 31.2 Å². The molecule has 6 nitrogen and oxygen atoms in total. The number of hydrogen-bond acceptors (Lipinski definition) is 5. The van der Waals surface area contributed by atoms with Crippen molar-refractivity contribution in [2.24, 2.45) is 5.92 Å². The zero-order valence-corrected chi connectivity index (χ0v) is 18.6. The number of piperidine rings is 1. The predicted molar refractivity (Wildman–Crippen MR) is 120 cm³/mol. The summed E-state index contributed by atoms with van der Waals surface area (Å²) in [5, 5.41) is 7.88. The molecular formula is C24H27ClN4O2. The number of nitrogens with one attached hydrogen (secondary N) is 1. The Hall–Kier alpha value is -2.70. The van der Waals surface area contributed by atoms with Gasteiger partial charge in [0, 0.05) is 17.1 Å². The average Bonchev–Trinajstić information content (AvgIpc) is 3.23. The predicted octanol–water partition coefficient (Wildman–Crippen LogP) is 4.79. The molecule has 1 N–H and O–H groups in total. The van der Waals surface area contributed by atoms with Crippen LogP contribution in [0.5, 0.6) is 0 Å². The summed E-state index contributed by atoms with van der Waals surface area (Å²) in [4.78, 5) is 19.6. The van der Waals surface area contributed by atoms with E-state index >= 15 is 0 Å². The zero-order valence-electron chi connectivity index (χ0n) is 17.8. The number of rotatable bonds is 6. The molecule has 0 bridgehead atoms. The number of likely N-dealkylation sites (tertiary alicyclic amines) is 1. The van der Waals surface area contributed by atoms with Gasteiger partial charge in [-0.1, -0.05) is 58.7 Å². The number of aryl methyl sites for hydroxylation is 1. The zero-order chi connectivity index (χ0) is 21.8. The summed E-state index contributed by atoms with van der Waals surface area (Å²) >= 11 is 6.05. The van der Waals surface area contributed by atoms with Crippen LogP contribution in [0.3, 0.4) is 0 Å². The lowest BCUT2D eigenvalue weighted by atomic mass is 9.96. The molecule has 7 heteroatoms. The first-order chi connectivity index (χ1) is 15.0. The van der Waals surface area contributed by atoms with Crippen molar-refractivity contribution in [3.8, 4) is 11.4 Å². The molecule has 1 aliphatic rings. The van der Waals surface area contributed by atoms with Crippen molar-refractivity contribution in [1.29, 1.82) is 0 Å². The van der Waals surface area contributed by atoms with Crippen LogP contribution in [-0.2, 0) is 11.3 Å². The molecule has 0 aliphatic carbocycles. The van der Waals surface area contributed by atoms with Crippen molar-refractivity contribution in [2.45, 2.75) is 39.3 Å². The summed E-state index contributed by atoms with van der Waals surface area (Å²) in [6.07, 6.45) is 1.85. The Kier molecular flexibility index (Phi) is 6.68. The summed E-state index contributed by atoms with van der Waals surface area (Å²) in [7, 11) is 0. The maximum absolute atomic E-state index is 12.9. The molecule has 1 fully saturated rings. The largest absolute Gasteiger partial charge is 0.349 e. The van der Waals surface area contributed by atoms with Gasteiger partial charge in [0.25, 0.3) is 0 Å². The highest BCUT2D eigenvalue weighted by atomic mass is 35.5. The molecule has 2 heterocycles. The molecule has 1 amide bonds. The quantitative estimate of drug-likeness (QED) is 0.599. The summed E-state index contributed by atoms with van der Waals surface area (Å²) in [5.41, 5.74) is 3.15. The van der Waals surface area contributed by atoms with Crippen LogP contribution >= 0.6 is 11.6 Å². The molecule has 2 atom stereocenters. The van der Waals surface area contributed by atoms with Gasteiger partial charge < -0.3 is 9.84 Å². The Morgan fingerprint density at radius 2 is 2.10 bits per heavy atom. The van der Waals surface area contributed by atoms with E-state index in [-0.39, 0.29) is 17.9 Å². The molecule has 3 aromatic rings. The van der Waals surface area contributed by atoms with Crippen LogP contribution in [-0.4, -0.2) is 34.0 Å². The second-order valence-corrected chi connectivity index (χ2v) is 8.67. The number of halogens is 1. The Balaban J connectivity index is 1.34. The standard InChI is InChI=1S/C24H27ClN4O2/c1-16-8-10-18(11-9-16)17(2)26-24(30)20-6-4-12-29(14-20)15-22-27-23(28-31-22)19-5-3-7-21(25)13-19/h3,5,7-11,13,17,20H,4,6,12,14-15H2,1-2H3,(H,26,30). The van der Waals surface area contributed by atoms with E-state index in [0.717, 1.165) is 30.5 Å². The van der Waals surface area contributed by atoms with Crippen LogP contribution in [0.15, 0.2) is 53.1 Å². The van der Waals surface area contributed by atoms with Gasteiger partial charge in [-0.3, -0.25) is 9.69 Å². The smallest absolute Gasteiger partial charge is 0.241 e. The molecule has 1 saturated heterocycles. The lowest BCUT2D eigenvalue weighted by Crippen LogP contribution is -2.43. The van der Waals surface area contributed by atoms with Crippen molar-refractivity contribution in [2.75, 3.05) is 13.1 Å². The number of hydrogen-bond donors (Lipinski definition) is 1. The average molecular weight is 439 g/mol. The van der Waals surface area contributed by atoms with Crippen LogP contribution < -0.4 is 5.32 Å². The fraction of sp³-hybridized carbons (Fsp3) is 0.375. The van der Waals surface area contributed by atoms with Gasteiger partial charge >= 0.3 is 0 Å². The molecule has 0 radical (unpaired) electrons. The first kappa shape index (κ1) is 21.5. The van der Waals surface area contributed by atoms with Crippen molar-refractivity contribution in [3.63, 3.8) is 0 Å². The Labute approximate surface area is 187 Å². The normalized spacial score (nSPS) is 18.0. The maximum atomic E-state index is 12.9. The van der Waals surface area contributed by atoms with Crippen LogP contribution in [0.1, 0.15) is 42.8 Å². The topological polar surface area (TPSA) is 71.3 Å². The van der Waals surface area contributed by atoms with Crippen LogP contribution in [0.2, 0.25) is 5.02 Å². The molecule has 0 saturated carbocycles. The van der Waals surface area contributed by atoms with Crippen LogP contribution in [0.25, 0.3) is 11.4 Å². The van der Waals surface area contributed by atoms with Gasteiger partial charge in [0.05, 0.1) is 18.5 Å². The summed E-state index contributed by atoms with van der Waals surface area (Å²) in [5.74, 6) is 1.12. The maximum Gasteiger partial charge on any atom is 0.241 e. The minimum atomic E-state index is -0.0445. The Morgan fingerprint density at radius 1 is 1.29 bits per heavy atom. The third-order valence-corrected chi connectivity index (χ3v) is 5.96. The molecule has 0 spiro atoms. The van der Waals surface area contributed by atoms with Crippen molar-refractivity contribution in [1.82, 2.24) is 20.4 Å². The van der Waals surface area contributed by atoms with Crippen molar-refractivity contribution in [3.05, 3.63) is 70.6 Å². The molecule has 31 heavy (non-hydrogen) atoms. The van der Waals surface area contributed by atoms with Gasteiger partial charge in [0.1, 0.15) is 0 Å². The molecular weight excluding hydrogens is 412 g/mol. The van der Waals surface area contributed by atoms with E-state index in [0.29, 0.717) is 29.8 Å². The second-order valence-electron chi connectivity index (χ2n) is 8.24. The van der Waals surface area contributed by atoms with E-state index in [1.54, 1.807) is 0 Å². The number of aromatic nitrogens is 2. The van der Waals surface area contributed by atoms with Gasteiger partial charge in [0.15, 0.2) is 0 Å². The van der Waals surface area contributed by atoms with Gasteiger partial charge in [-0.25, -0.2) is 0 Å². The minimum absolute atomic E-state index is 0.0142. The number of nitrogens with zero attached hydrogens (tertiary/aromatic N) is 3. The minimum Gasteiger partial charge on any atom is -0.349 e. The molecule has 1 aromatic heterocycles. The highest BCUT2D eigenvalue weighted by Gasteiger charge is 2.27. The van der Waals surface area contributed by atoms with E-state index in [9.17, 15) is 4.79 Å². The molecule has 2 unspecified atom stereocenters. The molecule has 162 valence electrons. The van der Waals surface area contributed by atoms with Gasteiger partial charge in [-0.15, -0.1) is 0 Å². The fourth-order valence-corrected chi connectivity index (χ4v) is 4.13. The number of benzene rings is 2. The lowest BCUT2D eigenvalue weighted by Gasteiger charge is -2.31. The van der Waals surface area contributed by atoms with E-state index in [1.165, 1.54) is 5.56 Å². The van der Waals surface area contributed by atoms with Crippen molar-refractivity contribution >= 4 is 17.5 Å². The number of carbonyl (C=O) groups excluding carboxylic acids is 1. The fourth-order valence-electron chi connectivity index (χ4n) is 3.94. The lowest BCUT2D eigenvalue weighted by molar-refractivity contribution is -0.127. The molecule has 4 rings (SSSR count). The van der Waals surface area contributed by atoms with E-state index in [4.69, 9.17) is 16.1 Å². The van der Waals surface area contributed by atoms with E-state index < -0.39 is 0 Å². The summed E-state index contributed by atoms with van der Waals surface area (Å²) < 4.78 is 5.44. The Bertz CT molecular complexity index is 1030. The SMILES string of the molecule is Cc1ccc(C(C)NC(=O)C2CCCN(Cc3nc(-c4cccc(Cl)c4)no3)C2)cc1. The highest BCUT2D eigenvalue weighted by molar-refractivity contribution is 6.30. The van der Waals surface area contributed by atoms with Gasteiger partial charge in [0.2, 0.25) is 17.6 Å². The monoisotopic (exact) mass is 438 g/mol. The summed E-state index contributed by atoms with van der Waals surface area (Å²) in [6.45, 7) is 6.21. The van der Waals surface area contributed by atoms with Crippen LogP contribution in [0, 0.1) is 12.8 Å². The third kappa shape index (κ3) is 5.51. The highest BCUT2D eigenvalue weighted by Crippen LogP contribution is 2.23. The van der Waals surface area contributed by atoms with Crippen LogP contribution in [0.4, 0.5) is 0 Å². The summed E-state index contributed by atoms with van der Waals surface area (Å²) in [6, 6.07) is 15.7. The van der Waals surface area contributed by atoms with Gasteiger partial charge in [-0.05, 0) is 50.9 Å². The number of carbonyl (C=O) groups is 1. The molecule has 1 aliphatic heterocycles. The molecule has 2 aromatic carbocycles. The van der Waals surface area contributed by atoms with E-state index in [2.05, 4.69) is 51.5 Å². The first-order valence-corrected chi connectivity index (χ1v) is 11.0. The van der Waals surface area contributed by atoms with Gasteiger partial charge in [-0.2, -0.15) is 4.98 Å². The van der Waals surface area contributed by atoms with Crippen molar-refractivity contribution < 1.29 is 9.32 Å².